The molecule has 1 saturated heterocycles. The fourth-order valence-electron chi connectivity index (χ4n) is 3.58. The van der Waals surface area contributed by atoms with Crippen LogP contribution in [0.2, 0.25) is 0 Å². The fourth-order valence-corrected chi connectivity index (χ4v) is 3.58. The molecular formula is C19H36N6. The minimum atomic E-state index is 0.612. The van der Waals surface area contributed by atoms with E-state index in [0.29, 0.717) is 12.5 Å². The van der Waals surface area contributed by atoms with Gasteiger partial charge in [-0.3, -0.25) is 9.89 Å². The van der Waals surface area contributed by atoms with E-state index in [1.807, 2.05) is 13.2 Å². The molecule has 0 radical (unpaired) electrons. The molecule has 0 saturated carbocycles. The van der Waals surface area contributed by atoms with Gasteiger partial charge in [-0.25, -0.2) is 4.98 Å². The van der Waals surface area contributed by atoms with Gasteiger partial charge in [0.1, 0.15) is 5.82 Å². The van der Waals surface area contributed by atoms with Crippen molar-refractivity contribution in [2.45, 2.75) is 65.6 Å². The zero-order valence-corrected chi connectivity index (χ0v) is 16.5. The van der Waals surface area contributed by atoms with Gasteiger partial charge >= 0.3 is 0 Å². The summed E-state index contributed by atoms with van der Waals surface area (Å²) in [6, 6.07) is 0.758. The Kier molecular flexibility index (Phi) is 8.25. The van der Waals surface area contributed by atoms with E-state index < -0.39 is 0 Å². The molecule has 2 heterocycles. The van der Waals surface area contributed by atoms with Gasteiger partial charge in [-0.15, -0.1) is 0 Å². The van der Waals surface area contributed by atoms with Crippen molar-refractivity contribution in [2.24, 2.45) is 10.9 Å². The highest BCUT2D eigenvalue weighted by molar-refractivity contribution is 5.79. The van der Waals surface area contributed by atoms with Crippen LogP contribution in [0.4, 0.5) is 0 Å². The van der Waals surface area contributed by atoms with Crippen molar-refractivity contribution < 1.29 is 0 Å². The molecule has 0 amide bonds. The molecule has 0 spiro atoms. The number of likely N-dealkylation sites (tertiary alicyclic amines) is 1. The summed E-state index contributed by atoms with van der Waals surface area (Å²) in [6.07, 6.45) is 9.25. The number of aliphatic imine (C=N–C) groups is 1. The molecule has 1 unspecified atom stereocenters. The van der Waals surface area contributed by atoms with Gasteiger partial charge in [0.2, 0.25) is 0 Å². The quantitative estimate of drug-likeness (QED) is 0.560. The van der Waals surface area contributed by atoms with Crippen LogP contribution in [-0.2, 0) is 13.1 Å². The predicted octanol–water partition coefficient (Wildman–Crippen LogP) is 2.47. The Morgan fingerprint density at radius 1 is 1.36 bits per heavy atom. The summed E-state index contributed by atoms with van der Waals surface area (Å²) in [7, 11) is 1.83. The van der Waals surface area contributed by atoms with Crippen LogP contribution in [0.1, 0.15) is 52.3 Å². The van der Waals surface area contributed by atoms with Crippen LogP contribution in [0.15, 0.2) is 17.4 Å². The summed E-state index contributed by atoms with van der Waals surface area (Å²) in [4.78, 5) is 11.4. The van der Waals surface area contributed by atoms with Crippen LogP contribution in [0.5, 0.6) is 0 Å². The Hall–Kier alpha value is -1.56. The number of imidazole rings is 1. The van der Waals surface area contributed by atoms with E-state index >= 15 is 0 Å². The van der Waals surface area contributed by atoms with E-state index in [0.717, 1.165) is 37.5 Å². The summed E-state index contributed by atoms with van der Waals surface area (Å²) in [5, 5.41) is 6.83. The first kappa shape index (κ1) is 19.8. The monoisotopic (exact) mass is 348 g/mol. The fraction of sp³-hybridized carbons (Fsp3) is 0.789. The van der Waals surface area contributed by atoms with Crippen molar-refractivity contribution in [2.75, 3.05) is 26.7 Å². The van der Waals surface area contributed by atoms with E-state index in [1.165, 1.54) is 32.2 Å². The van der Waals surface area contributed by atoms with Crippen LogP contribution in [-0.4, -0.2) is 53.1 Å². The summed E-state index contributed by atoms with van der Waals surface area (Å²) in [5.74, 6) is 2.52. The Balaban J connectivity index is 1.74. The molecule has 1 aromatic heterocycles. The normalized spacial score (nSPS) is 19.4. The van der Waals surface area contributed by atoms with Gasteiger partial charge in [0.25, 0.3) is 0 Å². The molecule has 25 heavy (non-hydrogen) atoms. The standard InChI is InChI=1S/C19H36N6/c1-5-17-8-6-7-11-24(17)12-10-22-19(20-4)23-14-18-21-9-13-25(18)15-16(2)3/h9,13,16-17H,5-8,10-12,14-15H2,1-4H3,(H2,20,22,23). The average Bonchev–Trinajstić information content (AvgIpc) is 3.04. The van der Waals surface area contributed by atoms with Crippen LogP contribution < -0.4 is 10.6 Å². The molecule has 1 atom stereocenters. The average molecular weight is 349 g/mol. The third kappa shape index (κ3) is 6.34. The van der Waals surface area contributed by atoms with Crippen LogP contribution in [0.3, 0.4) is 0 Å². The smallest absolute Gasteiger partial charge is 0.191 e. The molecule has 2 N–H and O–H groups in total. The van der Waals surface area contributed by atoms with Crippen molar-refractivity contribution in [1.82, 2.24) is 25.1 Å². The van der Waals surface area contributed by atoms with Crippen molar-refractivity contribution in [3.8, 4) is 0 Å². The second-order valence-electron chi connectivity index (χ2n) is 7.34. The number of aromatic nitrogens is 2. The highest BCUT2D eigenvalue weighted by Gasteiger charge is 2.19. The molecule has 1 aliphatic heterocycles. The molecule has 6 heteroatoms. The molecule has 0 aromatic carbocycles. The third-order valence-corrected chi connectivity index (χ3v) is 4.91. The van der Waals surface area contributed by atoms with Crippen LogP contribution in [0.25, 0.3) is 0 Å². The topological polar surface area (TPSA) is 57.5 Å². The van der Waals surface area contributed by atoms with Crippen LogP contribution >= 0.6 is 0 Å². The number of nitrogens with one attached hydrogen (secondary N) is 2. The van der Waals surface area contributed by atoms with Gasteiger partial charge in [-0.05, 0) is 31.7 Å². The summed E-state index contributed by atoms with van der Waals surface area (Å²) >= 11 is 0. The van der Waals surface area contributed by atoms with Gasteiger partial charge in [0, 0.05) is 45.1 Å². The minimum Gasteiger partial charge on any atom is -0.355 e. The molecular weight excluding hydrogens is 312 g/mol. The Morgan fingerprint density at radius 3 is 2.92 bits per heavy atom. The Labute approximate surface area is 153 Å². The minimum absolute atomic E-state index is 0.612. The molecule has 1 fully saturated rings. The number of piperidine rings is 1. The zero-order chi connectivity index (χ0) is 18.1. The first-order chi connectivity index (χ1) is 12.1. The van der Waals surface area contributed by atoms with Crippen molar-refractivity contribution in [3.63, 3.8) is 0 Å². The molecule has 0 aliphatic carbocycles. The number of guanidine groups is 1. The van der Waals surface area contributed by atoms with Gasteiger partial charge in [-0.2, -0.15) is 0 Å². The third-order valence-electron chi connectivity index (χ3n) is 4.91. The first-order valence-corrected chi connectivity index (χ1v) is 9.82. The summed E-state index contributed by atoms with van der Waals surface area (Å²) in [5.41, 5.74) is 0. The van der Waals surface area contributed by atoms with E-state index in [9.17, 15) is 0 Å². The van der Waals surface area contributed by atoms with Gasteiger partial charge in [0.05, 0.1) is 6.54 Å². The second-order valence-corrected chi connectivity index (χ2v) is 7.34. The highest BCUT2D eigenvalue weighted by atomic mass is 15.2. The maximum Gasteiger partial charge on any atom is 0.191 e. The van der Waals surface area contributed by atoms with E-state index in [-0.39, 0.29) is 0 Å². The number of hydrogen-bond donors (Lipinski definition) is 2. The molecule has 2 rings (SSSR count). The SMILES string of the molecule is CCC1CCCCN1CCNC(=NC)NCc1nccn1CC(C)C. The summed E-state index contributed by atoms with van der Waals surface area (Å²) < 4.78 is 2.21. The molecule has 1 aromatic rings. The maximum atomic E-state index is 4.46. The molecule has 142 valence electrons. The largest absolute Gasteiger partial charge is 0.355 e. The second kappa shape index (κ2) is 10.4. The van der Waals surface area contributed by atoms with Gasteiger partial charge in [-0.1, -0.05) is 27.2 Å². The van der Waals surface area contributed by atoms with Gasteiger partial charge in [0.15, 0.2) is 5.96 Å². The Bertz CT molecular complexity index is 522. The summed E-state index contributed by atoms with van der Waals surface area (Å²) in [6.45, 7) is 11.7. The van der Waals surface area contributed by atoms with Crippen molar-refractivity contribution in [3.05, 3.63) is 18.2 Å². The Morgan fingerprint density at radius 2 is 2.20 bits per heavy atom. The maximum absolute atomic E-state index is 4.46. The van der Waals surface area contributed by atoms with Crippen LogP contribution in [0, 0.1) is 5.92 Å². The van der Waals surface area contributed by atoms with E-state index in [1.54, 1.807) is 0 Å². The lowest BCUT2D eigenvalue weighted by molar-refractivity contribution is 0.147. The zero-order valence-electron chi connectivity index (χ0n) is 16.5. The van der Waals surface area contributed by atoms with Gasteiger partial charge < -0.3 is 15.2 Å². The van der Waals surface area contributed by atoms with E-state index in [2.05, 4.69) is 57.0 Å². The lowest BCUT2D eigenvalue weighted by Crippen LogP contribution is -2.45. The predicted molar refractivity (Wildman–Crippen MR) is 105 cm³/mol. The van der Waals surface area contributed by atoms with E-state index in [4.69, 9.17) is 0 Å². The molecule has 1 aliphatic rings. The molecule has 0 bridgehead atoms. The van der Waals surface area contributed by atoms with Crippen molar-refractivity contribution >= 4 is 5.96 Å². The van der Waals surface area contributed by atoms with Crippen molar-refractivity contribution in [1.29, 1.82) is 0 Å². The lowest BCUT2D eigenvalue weighted by atomic mass is 10.0. The first-order valence-electron chi connectivity index (χ1n) is 9.82. The number of nitrogens with zero attached hydrogens (tertiary/aromatic N) is 4. The highest BCUT2D eigenvalue weighted by Crippen LogP contribution is 2.18. The molecule has 6 nitrogen and oxygen atoms in total. The number of hydrogen-bond acceptors (Lipinski definition) is 3. The number of rotatable bonds is 8. The lowest BCUT2D eigenvalue weighted by Gasteiger charge is -2.35.